The first-order valence-electron chi connectivity index (χ1n) is 12.2. The van der Waals surface area contributed by atoms with Crippen LogP contribution in [0, 0.1) is 0 Å². The van der Waals surface area contributed by atoms with E-state index in [-0.39, 0.29) is 12.5 Å². The third kappa shape index (κ3) is 23.4. The lowest BCUT2D eigenvalue weighted by Gasteiger charge is -2.28. The fourth-order valence-electron chi connectivity index (χ4n) is 3.62. The lowest BCUT2D eigenvalue weighted by molar-refractivity contribution is -0.873. The molecular formula is C25H50NO4+. The van der Waals surface area contributed by atoms with Crippen LogP contribution >= 0.6 is 0 Å². The van der Waals surface area contributed by atoms with Crippen molar-refractivity contribution < 1.29 is 24.2 Å². The normalized spacial score (nSPS) is 13.2. The van der Waals surface area contributed by atoms with Crippen LogP contribution in [0.15, 0.2) is 12.2 Å². The summed E-state index contributed by atoms with van der Waals surface area (Å²) in [6, 6.07) is 0. The number of carbonyl (C=O) groups is 1. The molecule has 0 aromatic carbocycles. The van der Waals surface area contributed by atoms with Crippen molar-refractivity contribution in [1.82, 2.24) is 0 Å². The molecule has 0 aliphatic rings. The minimum Gasteiger partial charge on any atom is -0.481 e. The van der Waals surface area contributed by atoms with Crippen LogP contribution in [0.2, 0.25) is 0 Å². The molecule has 0 amide bonds. The molecule has 0 aromatic heterocycles. The fourth-order valence-corrected chi connectivity index (χ4v) is 3.62. The first kappa shape index (κ1) is 29.1. The molecule has 0 saturated carbocycles. The van der Waals surface area contributed by atoms with Gasteiger partial charge in [0.25, 0.3) is 0 Å². The van der Waals surface area contributed by atoms with Gasteiger partial charge in [-0.25, -0.2) is 0 Å². The van der Waals surface area contributed by atoms with Gasteiger partial charge in [0, 0.05) is 13.2 Å². The van der Waals surface area contributed by atoms with Crippen molar-refractivity contribution in [2.45, 2.75) is 102 Å². The molecule has 178 valence electrons. The second-order valence-electron chi connectivity index (χ2n) is 9.58. The Labute approximate surface area is 186 Å². The monoisotopic (exact) mass is 428 g/mol. The number of hydrogen-bond donors (Lipinski definition) is 2. The smallest absolute Gasteiger partial charge is 0.306 e. The highest BCUT2D eigenvalue weighted by Crippen LogP contribution is 2.11. The van der Waals surface area contributed by atoms with Crippen LogP contribution in [-0.4, -0.2) is 67.7 Å². The standard InChI is InChI=1S/C25H49NO4/c1-26(2,3)23-24(22-25(28)29)30-21-19-17-15-13-11-9-7-5-4-6-8-10-12-14-16-18-20-27/h4-5,24,27H,6-23H2,1-3H3/p+1. The summed E-state index contributed by atoms with van der Waals surface area (Å²) in [6.45, 7) is 1.73. The Bertz CT molecular complexity index is 418. The maximum atomic E-state index is 11.0. The van der Waals surface area contributed by atoms with Gasteiger partial charge in [-0.2, -0.15) is 0 Å². The number of likely N-dealkylation sites (N-methyl/N-ethyl adjacent to an activating group) is 1. The zero-order valence-corrected chi connectivity index (χ0v) is 20.1. The summed E-state index contributed by atoms with van der Waals surface area (Å²) in [5.41, 5.74) is 0. The van der Waals surface area contributed by atoms with Crippen molar-refractivity contribution in [2.24, 2.45) is 0 Å². The van der Waals surface area contributed by atoms with E-state index in [4.69, 9.17) is 14.9 Å². The number of nitrogens with zero attached hydrogens (tertiary/aromatic N) is 1. The van der Waals surface area contributed by atoms with Gasteiger partial charge in [0.15, 0.2) is 0 Å². The van der Waals surface area contributed by atoms with Crippen LogP contribution in [0.25, 0.3) is 0 Å². The van der Waals surface area contributed by atoms with E-state index in [1.165, 1.54) is 70.6 Å². The highest BCUT2D eigenvalue weighted by molar-refractivity contribution is 5.67. The first-order chi connectivity index (χ1) is 14.3. The number of quaternary nitrogens is 1. The van der Waals surface area contributed by atoms with Gasteiger partial charge in [-0.1, -0.05) is 63.5 Å². The molecule has 5 heteroatoms. The van der Waals surface area contributed by atoms with Crippen molar-refractivity contribution in [3.8, 4) is 0 Å². The number of hydrogen-bond acceptors (Lipinski definition) is 3. The number of carboxylic acid groups (broad SMARTS) is 1. The van der Waals surface area contributed by atoms with E-state index in [0.29, 0.717) is 13.2 Å². The van der Waals surface area contributed by atoms with E-state index in [1.807, 2.05) is 0 Å². The largest absolute Gasteiger partial charge is 0.481 e. The zero-order valence-electron chi connectivity index (χ0n) is 20.1. The molecule has 0 spiro atoms. The van der Waals surface area contributed by atoms with Crippen molar-refractivity contribution in [2.75, 3.05) is 40.9 Å². The van der Waals surface area contributed by atoms with Crippen molar-refractivity contribution >= 4 is 5.97 Å². The van der Waals surface area contributed by atoms with Crippen molar-refractivity contribution in [3.05, 3.63) is 12.2 Å². The molecule has 1 atom stereocenters. The maximum Gasteiger partial charge on any atom is 0.306 e. The SMILES string of the molecule is C[N+](C)(C)CC(CC(=O)O)OCCCCCCCCC=CCCCCCCCCO. The van der Waals surface area contributed by atoms with Gasteiger partial charge < -0.3 is 19.4 Å². The molecule has 0 bridgehead atoms. The third-order valence-corrected chi connectivity index (χ3v) is 5.22. The molecular weight excluding hydrogens is 378 g/mol. The molecule has 0 radical (unpaired) electrons. The predicted octanol–water partition coefficient (Wildman–Crippen LogP) is 5.56. The molecule has 0 aromatic rings. The average molecular weight is 429 g/mol. The summed E-state index contributed by atoms with van der Waals surface area (Å²) in [4.78, 5) is 11.0. The maximum absolute atomic E-state index is 11.0. The minimum atomic E-state index is -0.781. The van der Waals surface area contributed by atoms with Crippen LogP contribution in [0.3, 0.4) is 0 Å². The molecule has 2 N–H and O–H groups in total. The Morgan fingerprint density at radius 2 is 1.27 bits per heavy atom. The van der Waals surface area contributed by atoms with Crippen LogP contribution in [0.5, 0.6) is 0 Å². The quantitative estimate of drug-likeness (QED) is 0.134. The molecule has 5 nitrogen and oxygen atoms in total. The minimum absolute atomic E-state index is 0.0909. The van der Waals surface area contributed by atoms with E-state index in [0.717, 1.165) is 30.3 Å². The Morgan fingerprint density at radius 1 is 0.800 bits per heavy atom. The summed E-state index contributed by atoms with van der Waals surface area (Å²) in [5.74, 6) is -0.781. The zero-order chi connectivity index (χ0) is 22.5. The first-order valence-corrected chi connectivity index (χ1v) is 12.2. The number of aliphatic carboxylic acids is 1. The van der Waals surface area contributed by atoms with Gasteiger partial charge in [0.05, 0.1) is 27.6 Å². The van der Waals surface area contributed by atoms with Crippen LogP contribution in [-0.2, 0) is 9.53 Å². The lowest BCUT2D eigenvalue weighted by Crippen LogP contribution is -2.43. The summed E-state index contributed by atoms with van der Waals surface area (Å²) >= 11 is 0. The van der Waals surface area contributed by atoms with Crippen LogP contribution in [0.4, 0.5) is 0 Å². The van der Waals surface area contributed by atoms with Gasteiger partial charge in [0.1, 0.15) is 12.6 Å². The molecule has 1 unspecified atom stereocenters. The van der Waals surface area contributed by atoms with Crippen molar-refractivity contribution in [1.29, 1.82) is 0 Å². The number of unbranched alkanes of at least 4 members (excludes halogenated alkanes) is 12. The van der Waals surface area contributed by atoms with Gasteiger partial charge in [0.2, 0.25) is 0 Å². The average Bonchev–Trinajstić information content (AvgIpc) is 2.65. The van der Waals surface area contributed by atoms with Gasteiger partial charge >= 0.3 is 5.97 Å². The molecule has 0 aliphatic carbocycles. The third-order valence-electron chi connectivity index (χ3n) is 5.22. The van der Waals surface area contributed by atoms with Gasteiger partial charge in [-0.15, -0.1) is 0 Å². The molecule has 0 saturated heterocycles. The molecule has 0 heterocycles. The fraction of sp³-hybridized carbons (Fsp3) is 0.880. The Balaban J connectivity index is 3.45. The topological polar surface area (TPSA) is 66.8 Å². The van der Waals surface area contributed by atoms with E-state index in [2.05, 4.69) is 33.3 Å². The Hall–Kier alpha value is -0.910. The highest BCUT2D eigenvalue weighted by atomic mass is 16.5. The Morgan fingerprint density at radius 3 is 1.73 bits per heavy atom. The van der Waals surface area contributed by atoms with Gasteiger partial charge in [-0.3, -0.25) is 4.79 Å². The van der Waals surface area contributed by atoms with E-state index < -0.39 is 5.97 Å². The number of carboxylic acids is 1. The molecule has 30 heavy (non-hydrogen) atoms. The highest BCUT2D eigenvalue weighted by Gasteiger charge is 2.21. The number of aliphatic hydroxyl groups is 1. The van der Waals surface area contributed by atoms with E-state index in [9.17, 15) is 4.79 Å². The van der Waals surface area contributed by atoms with E-state index in [1.54, 1.807) is 0 Å². The summed E-state index contributed by atoms with van der Waals surface area (Å²) in [7, 11) is 6.20. The second-order valence-corrected chi connectivity index (χ2v) is 9.58. The lowest BCUT2D eigenvalue weighted by atomic mass is 10.1. The summed E-state index contributed by atoms with van der Waals surface area (Å²) < 4.78 is 6.56. The predicted molar refractivity (Wildman–Crippen MR) is 126 cm³/mol. The van der Waals surface area contributed by atoms with Crippen LogP contribution < -0.4 is 0 Å². The Kier molecular flexibility index (Phi) is 19.4. The number of aliphatic hydroxyl groups excluding tert-OH is 1. The van der Waals surface area contributed by atoms with Crippen molar-refractivity contribution in [3.63, 3.8) is 0 Å². The molecule has 0 aliphatic heterocycles. The second kappa shape index (κ2) is 20.0. The summed E-state index contributed by atoms with van der Waals surface area (Å²) in [6.07, 6.45) is 21.5. The molecule has 0 rings (SSSR count). The number of ether oxygens (including phenoxy) is 1. The van der Waals surface area contributed by atoms with E-state index >= 15 is 0 Å². The number of allylic oxidation sites excluding steroid dienone is 2. The molecule has 0 fully saturated rings. The number of rotatable bonds is 22. The summed E-state index contributed by atoms with van der Waals surface area (Å²) in [5, 5.41) is 17.8. The van der Waals surface area contributed by atoms with Crippen LogP contribution in [0.1, 0.15) is 96.3 Å². The van der Waals surface area contributed by atoms with Gasteiger partial charge in [-0.05, 0) is 38.5 Å².